The van der Waals surface area contributed by atoms with E-state index in [1.165, 1.54) is 11.8 Å². The largest absolute Gasteiger partial charge is 0.489 e. The van der Waals surface area contributed by atoms with Crippen LogP contribution < -0.4 is 10.1 Å². The predicted octanol–water partition coefficient (Wildman–Crippen LogP) is 5.94. The van der Waals surface area contributed by atoms with Crippen LogP contribution in [0.4, 0.5) is 0 Å². The normalized spacial score (nSPS) is 16.1. The first kappa shape index (κ1) is 29.1. The summed E-state index contributed by atoms with van der Waals surface area (Å²) in [5.41, 5.74) is 4.61. The van der Waals surface area contributed by atoms with Gasteiger partial charge in [-0.15, -0.1) is 0 Å². The number of nitrogens with one attached hydrogen (secondary N) is 1. The monoisotopic (exact) mass is 582 g/mol. The van der Waals surface area contributed by atoms with Crippen LogP contribution in [0.5, 0.6) is 5.75 Å². The maximum absolute atomic E-state index is 13.5. The van der Waals surface area contributed by atoms with Gasteiger partial charge in [0.2, 0.25) is 5.91 Å². The average molecular weight is 583 g/mol. The van der Waals surface area contributed by atoms with Crippen molar-refractivity contribution in [3.63, 3.8) is 0 Å². The van der Waals surface area contributed by atoms with Crippen molar-refractivity contribution in [1.82, 2.24) is 15.2 Å². The topological polar surface area (TPSA) is 93.1 Å². The Balaban J connectivity index is 1.39. The molecular formula is C33H34N4O4S. The number of ether oxygens (including phenoxy) is 2. The van der Waals surface area contributed by atoms with Gasteiger partial charge in [-0.1, -0.05) is 60.3 Å². The average Bonchev–Trinajstić information content (AvgIpc) is 3.37. The SMILES string of the molecule is CC1=C(C(=O)OC(C)C)[C@H](c2cccc(OCc3ccccc3)c2)N2C(CC(=O)NCCc3ccccn3)=CSC2=N1. The number of hydrogen-bond acceptors (Lipinski definition) is 8. The van der Waals surface area contributed by atoms with Crippen molar-refractivity contribution in [1.29, 1.82) is 0 Å². The molecule has 0 saturated heterocycles. The Kier molecular flexibility index (Phi) is 9.38. The number of carbonyl (C=O) groups excluding carboxylic acids is 2. The number of thioether (sulfide) groups is 1. The Morgan fingerprint density at radius 3 is 2.62 bits per heavy atom. The molecule has 2 aliphatic heterocycles. The molecule has 3 aromatic rings. The summed E-state index contributed by atoms with van der Waals surface area (Å²) in [4.78, 5) is 37.5. The van der Waals surface area contributed by atoms with Gasteiger partial charge in [-0.3, -0.25) is 9.78 Å². The van der Waals surface area contributed by atoms with Crippen molar-refractivity contribution in [2.75, 3.05) is 6.54 Å². The predicted molar refractivity (Wildman–Crippen MR) is 164 cm³/mol. The Morgan fingerprint density at radius 1 is 1.05 bits per heavy atom. The first-order valence-corrected chi connectivity index (χ1v) is 14.9. The van der Waals surface area contributed by atoms with E-state index in [4.69, 9.17) is 14.5 Å². The molecule has 0 spiro atoms. The number of benzene rings is 2. The fourth-order valence-corrected chi connectivity index (χ4v) is 5.81. The lowest BCUT2D eigenvalue weighted by Gasteiger charge is -2.36. The number of rotatable bonds is 11. The third-order valence-electron chi connectivity index (χ3n) is 6.76. The van der Waals surface area contributed by atoms with E-state index in [-0.39, 0.29) is 18.4 Å². The summed E-state index contributed by atoms with van der Waals surface area (Å²) in [6, 6.07) is 22.9. The van der Waals surface area contributed by atoms with Crippen LogP contribution in [0.15, 0.2) is 106 Å². The summed E-state index contributed by atoms with van der Waals surface area (Å²) in [6.45, 7) is 6.37. The fourth-order valence-electron chi connectivity index (χ4n) is 4.84. The van der Waals surface area contributed by atoms with Crippen molar-refractivity contribution in [3.05, 3.63) is 118 Å². The molecule has 1 amide bonds. The molecule has 9 heteroatoms. The van der Waals surface area contributed by atoms with Crippen LogP contribution in [0, 0.1) is 0 Å². The van der Waals surface area contributed by atoms with Crippen LogP contribution in [-0.2, 0) is 27.4 Å². The zero-order valence-corrected chi connectivity index (χ0v) is 24.8. The number of aromatic nitrogens is 1. The lowest BCUT2D eigenvalue weighted by molar-refractivity contribution is -0.143. The van der Waals surface area contributed by atoms with E-state index in [0.717, 1.165) is 22.5 Å². The quantitative estimate of drug-likeness (QED) is 0.280. The van der Waals surface area contributed by atoms with Crippen molar-refractivity contribution in [2.45, 2.75) is 52.4 Å². The van der Waals surface area contributed by atoms with Gasteiger partial charge in [-0.2, -0.15) is 0 Å². The summed E-state index contributed by atoms with van der Waals surface area (Å²) < 4.78 is 11.8. The highest BCUT2D eigenvalue weighted by Gasteiger charge is 2.41. The minimum atomic E-state index is -0.536. The highest BCUT2D eigenvalue weighted by molar-refractivity contribution is 8.16. The summed E-state index contributed by atoms with van der Waals surface area (Å²) in [5.74, 6) is 0.136. The Hall–Kier alpha value is -4.37. The van der Waals surface area contributed by atoms with Gasteiger partial charge >= 0.3 is 5.97 Å². The van der Waals surface area contributed by atoms with E-state index >= 15 is 0 Å². The molecule has 1 N–H and O–H groups in total. The number of carbonyl (C=O) groups is 2. The van der Waals surface area contributed by atoms with Gasteiger partial charge < -0.3 is 19.7 Å². The molecule has 3 heterocycles. The van der Waals surface area contributed by atoms with Crippen molar-refractivity contribution in [2.24, 2.45) is 4.99 Å². The maximum Gasteiger partial charge on any atom is 0.338 e. The van der Waals surface area contributed by atoms with Gasteiger partial charge in [0.1, 0.15) is 12.4 Å². The summed E-state index contributed by atoms with van der Waals surface area (Å²) in [7, 11) is 0. The molecule has 0 saturated carbocycles. The summed E-state index contributed by atoms with van der Waals surface area (Å²) in [5, 5.41) is 5.65. The standard InChI is InChI=1S/C33H34N4O4S/c1-22(2)41-32(39)30-23(3)36-33-37(27(21-42-33)19-29(38)35-17-15-26-13-7-8-16-34-26)31(30)25-12-9-14-28(18-25)40-20-24-10-5-4-6-11-24/h4-14,16,18,21-22,31H,15,17,19-20H2,1-3H3,(H,35,38)/t31-/m0/s1. The molecule has 1 aromatic heterocycles. The number of hydrogen-bond donors (Lipinski definition) is 1. The Bertz CT molecular complexity index is 1520. The van der Waals surface area contributed by atoms with Crippen LogP contribution in [0.2, 0.25) is 0 Å². The van der Waals surface area contributed by atoms with Crippen molar-refractivity contribution >= 4 is 28.8 Å². The molecule has 5 rings (SSSR count). The lowest BCUT2D eigenvalue weighted by atomic mass is 9.93. The molecule has 0 unspecified atom stereocenters. The zero-order chi connectivity index (χ0) is 29.5. The Labute approximate surface area is 250 Å². The van der Waals surface area contributed by atoms with Crippen molar-refractivity contribution in [3.8, 4) is 5.75 Å². The zero-order valence-electron chi connectivity index (χ0n) is 23.9. The number of esters is 1. The van der Waals surface area contributed by atoms with Gasteiger partial charge in [0.15, 0.2) is 5.17 Å². The molecule has 0 radical (unpaired) electrons. The number of allylic oxidation sites excluding steroid dienone is 1. The van der Waals surface area contributed by atoms with E-state index < -0.39 is 12.0 Å². The number of nitrogens with zero attached hydrogens (tertiary/aromatic N) is 3. The fraction of sp³-hybridized carbons (Fsp3) is 0.273. The first-order chi connectivity index (χ1) is 20.4. The second-order valence-electron chi connectivity index (χ2n) is 10.3. The maximum atomic E-state index is 13.5. The number of amidine groups is 1. The van der Waals surface area contributed by atoms with Crippen LogP contribution in [0.1, 0.15) is 50.1 Å². The molecule has 2 aromatic carbocycles. The van der Waals surface area contributed by atoms with E-state index in [9.17, 15) is 9.59 Å². The Morgan fingerprint density at radius 2 is 1.86 bits per heavy atom. The molecule has 0 fully saturated rings. The molecule has 42 heavy (non-hydrogen) atoms. The number of aliphatic imine (C=N–C) groups is 1. The summed E-state index contributed by atoms with van der Waals surface area (Å²) in [6.07, 6.45) is 2.23. The van der Waals surface area contributed by atoms with Crippen LogP contribution in [0.3, 0.4) is 0 Å². The molecule has 0 aliphatic carbocycles. The lowest BCUT2D eigenvalue weighted by Crippen LogP contribution is -2.38. The smallest absolute Gasteiger partial charge is 0.338 e. The van der Waals surface area contributed by atoms with Gasteiger partial charge in [0, 0.05) is 30.6 Å². The van der Waals surface area contributed by atoms with Crippen LogP contribution in [0.25, 0.3) is 0 Å². The highest BCUT2D eigenvalue weighted by Crippen LogP contribution is 2.45. The molecule has 216 valence electrons. The first-order valence-electron chi connectivity index (χ1n) is 14.0. The third-order valence-corrected chi connectivity index (χ3v) is 7.65. The van der Waals surface area contributed by atoms with E-state index in [2.05, 4.69) is 10.3 Å². The summed E-state index contributed by atoms with van der Waals surface area (Å²) >= 11 is 1.45. The molecule has 1 atom stereocenters. The minimum Gasteiger partial charge on any atom is -0.489 e. The molecular weight excluding hydrogens is 548 g/mol. The van der Waals surface area contributed by atoms with Gasteiger partial charge in [-0.05, 0) is 61.6 Å². The van der Waals surface area contributed by atoms with E-state index in [0.29, 0.717) is 41.8 Å². The molecule has 0 bridgehead atoms. The highest BCUT2D eigenvalue weighted by atomic mass is 32.2. The van der Waals surface area contributed by atoms with Crippen molar-refractivity contribution < 1.29 is 19.1 Å². The van der Waals surface area contributed by atoms with Gasteiger partial charge in [0.05, 0.1) is 29.8 Å². The number of fused-ring (bicyclic) bond motifs is 1. The number of pyridine rings is 1. The molecule has 8 nitrogen and oxygen atoms in total. The molecule has 2 aliphatic rings. The third kappa shape index (κ3) is 7.09. The van der Waals surface area contributed by atoms with Gasteiger partial charge in [-0.25, -0.2) is 9.79 Å². The van der Waals surface area contributed by atoms with Gasteiger partial charge in [0.25, 0.3) is 0 Å². The van der Waals surface area contributed by atoms with Crippen LogP contribution in [-0.4, -0.2) is 39.6 Å². The second kappa shape index (κ2) is 13.5. The minimum absolute atomic E-state index is 0.115. The second-order valence-corrected chi connectivity index (χ2v) is 11.1. The van der Waals surface area contributed by atoms with E-state index in [1.807, 2.05) is 104 Å². The van der Waals surface area contributed by atoms with Crippen LogP contribution >= 0.6 is 11.8 Å². The van der Waals surface area contributed by atoms with E-state index in [1.54, 1.807) is 6.20 Å². The number of amides is 1.